The van der Waals surface area contributed by atoms with Gasteiger partial charge < -0.3 is 9.84 Å². The molecule has 1 N–H and O–H groups in total. The summed E-state index contributed by atoms with van der Waals surface area (Å²) in [4.78, 5) is 12.0. The van der Waals surface area contributed by atoms with Gasteiger partial charge in [-0.2, -0.15) is 0 Å². The first-order valence-corrected chi connectivity index (χ1v) is 6.18. The van der Waals surface area contributed by atoms with Crippen LogP contribution in [0.3, 0.4) is 0 Å². The normalized spacial score (nSPS) is 22.2. The summed E-state index contributed by atoms with van der Waals surface area (Å²) in [6, 6.07) is 1.72. The first kappa shape index (κ1) is 10.6. The van der Waals surface area contributed by atoms with Gasteiger partial charge in [-0.15, -0.1) is 0 Å². The topological polar surface area (TPSA) is 46.5 Å². The number of hydrogen-bond acceptors (Lipinski definition) is 3. The number of benzene rings is 1. The fraction of sp³-hybridized carbons (Fsp3) is 0.500. The quantitative estimate of drug-likeness (QED) is 0.809. The number of phenols is 1. The predicted octanol–water partition coefficient (Wildman–Crippen LogP) is 2.80. The van der Waals surface area contributed by atoms with E-state index in [-0.39, 0.29) is 11.5 Å². The molecule has 1 aromatic rings. The molecule has 17 heavy (non-hydrogen) atoms. The van der Waals surface area contributed by atoms with Crippen LogP contribution in [0.1, 0.15) is 53.1 Å². The van der Waals surface area contributed by atoms with E-state index in [1.165, 1.54) is 7.11 Å². The zero-order valence-corrected chi connectivity index (χ0v) is 9.95. The van der Waals surface area contributed by atoms with E-state index < -0.39 is 0 Å². The van der Waals surface area contributed by atoms with Crippen molar-refractivity contribution in [2.24, 2.45) is 0 Å². The Balaban J connectivity index is 2.28. The minimum absolute atomic E-state index is 0.192. The minimum Gasteiger partial charge on any atom is -0.504 e. The van der Waals surface area contributed by atoms with Crippen molar-refractivity contribution in [2.45, 2.75) is 38.0 Å². The summed E-state index contributed by atoms with van der Waals surface area (Å²) in [7, 11) is 1.53. The third kappa shape index (κ3) is 1.45. The Morgan fingerprint density at radius 2 is 2.18 bits per heavy atom. The molecular weight excluding hydrogens is 216 g/mol. The number of carbonyl (C=O) groups is 1. The van der Waals surface area contributed by atoms with Crippen molar-refractivity contribution in [1.29, 1.82) is 0 Å². The summed E-state index contributed by atoms with van der Waals surface area (Å²) in [6.07, 6.45) is 4.65. The van der Waals surface area contributed by atoms with Crippen LogP contribution < -0.4 is 4.74 Å². The minimum atomic E-state index is 0.192. The van der Waals surface area contributed by atoms with E-state index in [1.54, 1.807) is 6.07 Å². The smallest absolute Gasteiger partial charge is 0.163 e. The van der Waals surface area contributed by atoms with Gasteiger partial charge in [0.05, 0.1) is 7.11 Å². The third-order valence-corrected chi connectivity index (χ3v) is 4.04. The number of Topliss-reactive ketones (excluding diaryl/α,β-unsaturated/α-hetero) is 1. The molecule has 2 aliphatic carbocycles. The van der Waals surface area contributed by atoms with Gasteiger partial charge in [0.25, 0.3) is 0 Å². The van der Waals surface area contributed by atoms with Crippen molar-refractivity contribution in [3.63, 3.8) is 0 Å². The molecule has 0 bridgehead atoms. The summed E-state index contributed by atoms with van der Waals surface area (Å²) in [6.45, 7) is 0. The maximum Gasteiger partial charge on any atom is 0.163 e. The molecule has 0 fully saturated rings. The highest BCUT2D eigenvalue weighted by Gasteiger charge is 2.33. The lowest BCUT2D eigenvalue weighted by molar-refractivity contribution is 0.0964. The second-order valence-corrected chi connectivity index (χ2v) is 4.92. The fourth-order valence-corrected chi connectivity index (χ4v) is 3.22. The van der Waals surface area contributed by atoms with E-state index in [0.717, 1.165) is 42.4 Å². The molecule has 0 aliphatic heterocycles. The van der Waals surface area contributed by atoms with Crippen LogP contribution in [0.2, 0.25) is 0 Å². The lowest BCUT2D eigenvalue weighted by Gasteiger charge is -2.32. The average Bonchev–Trinajstić information content (AvgIpc) is 2.36. The molecule has 0 spiro atoms. The summed E-state index contributed by atoms with van der Waals surface area (Å²) < 4.78 is 5.16. The number of hydrogen-bond donors (Lipinski definition) is 1. The highest BCUT2D eigenvalue weighted by Crippen LogP contribution is 2.47. The standard InChI is InChI=1S/C14H16O3/c1-17-12-7-10-11(15)6-5-8-3-2-4-9(13(8)10)14(12)16/h7-8,16H,2-6H2,1H3/t8-/m0/s1. The van der Waals surface area contributed by atoms with Gasteiger partial charge in [0, 0.05) is 17.5 Å². The molecule has 0 saturated heterocycles. The second kappa shape index (κ2) is 3.76. The van der Waals surface area contributed by atoms with Crippen LogP contribution >= 0.6 is 0 Å². The molecule has 3 rings (SSSR count). The molecule has 0 amide bonds. The van der Waals surface area contributed by atoms with E-state index in [0.29, 0.717) is 18.1 Å². The van der Waals surface area contributed by atoms with Crippen LogP contribution in [0.5, 0.6) is 11.5 Å². The molecule has 0 aromatic heterocycles. The Morgan fingerprint density at radius 1 is 1.35 bits per heavy atom. The van der Waals surface area contributed by atoms with Crippen LogP contribution in [0, 0.1) is 0 Å². The first-order chi connectivity index (χ1) is 8.22. The van der Waals surface area contributed by atoms with Gasteiger partial charge in [0.1, 0.15) is 0 Å². The van der Waals surface area contributed by atoms with Crippen LogP contribution in [0.4, 0.5) is 0 Å². The van der Waals surface area contributed by atoms with E-state index in [4.69, 9.17) is 4.74 Å². The Kier molecular flexibility index (Phi) is 2.35. The number of rotatable bonds is 1. The maximum atomic E-state index is 12.0. The largest absolute Gasteiger partial charge is 0.504 e. The Labute approximate surface area is 100 Å². The third-order valence-electron chi connectivity index (χ3n) is 4.04. The number of carbonyl (C=O) groups excluding carboxylic acids is 1. The summed E-state index contributed by atoms with van der Waals surface area (Å²) >= 11 is 0. The zero-order valence-electron chi connectivity index (χ0n) is 9.95. The van der Waals surface area contributed by atoms with Gasteiger partial charge in [-0.05, 0) is 43.2 Å². The van der Waals surface area contributed by atoms with Gasteiger partial charge in [-0.1, -0.05) is 0 Å². The van der Waals surface area contributed by atoms with E-state index in [1.807, 2.05) is 0 Å². The van der Waals surface area contributed by atoms with Crippen LogP contribution in [0.15, 0.2) is 6.07 Å². The van der Waals surface area contributed by atoms with E-state index in [2.05, 4.69) is 0 Å². The molecule has 0 heterocycles. The highest BCUT2D eigenvalue weighted by molar-refractivity contribution is 6.00. The maximum absolute atomic E-state index is 12.0. The van der Waals surface area contributed by atoms with Crippen molar-refractivity contribution in [3.05, 3.63) is 22.8 Å². The van der Waals surface area contributed by atoms with Gasteiger partial charge in [0.2, 0.25) is 0 Å². The number of ether oxygens (including phenoxy) is 1. The SMILES string of the molecule is COc1cc2c3c(c1O)CCC[C@H]3CCC2=O. The first-order valence-electron chi connectivity index (χ1n) is 6.18. The molecule has 1 aromatic carbocycles. The molecule has 0 unspecified atom stereocenters. The number of phenolic OH excluding ortho intramolecular Hbond substituents is 1. The van der Waals surface area contributed by atoms with Crippen molar-refractivity contribution >= 4 is 5.78 Å². The molecule has 3 nitrogen and oxygen atoms in total. The lowest BCUT2D eigenvalue weighted by Crippen LogP contribution is -2.21. The number of methoxy groups -OCH3 is 1. The van der Waals surface area contributed by atoms with Crippen molar-refractivity contribution < 1.29 is 14.6 Å². The lowest BCUT2D eigenvalue weighted by atomic mass is 9.72. The Hall–Kier alpha value is -1.51. The zero-order chi connectivity index (χ0) is 12.0. The number of aromatic hydroxyl groups is 1. The van der Waals surface area contributed by atoms with Crippen molar-refractivity contribution in [3.8, 4) is 11.5 Å². The predicted molar refractivity (Wildman–Crippen MR) is 63.9 cm³/mol. The molecule has 1 atom stereocenters. The fourth-order valence-electron chi connectivity index (χ4n) is 3.22. The van der Waals surface area contributed by atoms with Gasteiger partial charge in [-0.3, -0.25) is 4.79 Å². The van der Waals surface area contributed by atoms with Crippen LogP contribution in [0.25, 0.3) is 0 Å². The van der Waals surface area contributed by atoms with Gasteiger partial charge in [-0.25, -0.2) is 0 Å². The molecule has 90 valence electrons. The monoisotopic (exact) mass is 232 g/mol. The van der Waals surface area contributed by atoms with Crippen LogP contribution in [-0.2, 0) is 6.42 Å². The molecule has 3 heteroatoms. The van der Waals surface area contributed by atoms with Crippen LogP contribution in [-0.4, -0.2) is 18.0 Å². The molecule has 0 radical (unpaired) electrons. The average molecular weight is 232 g/mol. The van der Waals surface area contributed by atoms with Crippen molar-refractivity contribution in [1.82, 2.24) is 0 Å². The Bertz CT molecular complexity index is 491. The van der Waals surface area contributed by atoms with Gasteiger partial charge >= 0.3 is 0 Å². The number of ketones is 1. The highest BCUT2D eigenvalue weighted by atomic mass is 16.5. The molecule has 0 saturated carbocycles. The molecular formula is C14H16O3. The summed E-state index contributed by atoms with van der Waals surface area (Å²) in [5.74, 6) is 1.33. The van der Waals surface area contributed by atoms with E-state index in [9.17, 15) is 9.90 Å². The molecule has 2 aliphatic rings. The Morgan fingerprint density at radius 3 is 2.94 bits per heavy atom. The summed E-state index contributed by atoms with van der Waals surface area (Å²) in [5.41, 5.74) is 2.83. The second-order valence-electron chi connectivity index (χ2n) is 4.92. The van der Waals surface area contributed by atoms with E-state index >= 15 is 0 Å². The summed E-state index contributed by atoms with van der Waals surface area (Å²) in [5, 5.41) is 10.1. The van der Waals surface area contributed by atoms with Gasteiger partial charge in [0.15, 0.2) is 17.3 Å². The van der Waals surface area contributed by atoms with Crippen molar-refractivity contribution in [2.75, 3.05) is 7.11 Å².